The molecule has 0 unspecified atom stereocenters. The van der Waals surface area contributed by atoms with Gasteiger partial charge in [0.25, 0.3) is 0 Å². The Morgan fingerprint density at radius 3 is 2.00 bits per heavy atom. The molecule has 1 aliphatic rings. The zero-order chi connectivity index (χ0) is 13.8. The summed E-state index contributed by atoms with van der Waals surface area (Å²) in [5, 5.41) is 0. The van der Waals surface area contributed by atoms with Crippen molar-refractivity contribution in [1.29, 1.82) is 0 Å². The quantitative estimate of drug-likeness (QED) is 0.620. The van der Waals surface area contributed by atoms with E-state index in [4.69, 9.17) is 4.13 Å². The molecule has 0 atom stereocenters. The van der Waals surface area contributed by atoms with Crippen molar-refractivity contribution in [2.75, 3.05) is 0 Å². The van der Waals surface area contributed by atoms with Crippen molar-refractivity contribution in [3.63, 3.8) is 0 Å². The molecule has 3 nitrogen and oxygen atoms in total. The molecule has 1 aromatic rings. The molecule has 0 aromatic heterocycles. The molecule has 1 aliphatic heterocycles. The van der Waals surface area contributed by atoms with Gasteiger partial charge in [0.1, 0.15) is 0 Å². The molecule has 2 rings (SSSR count). The van der Waals surface area contributed by atoms with E-state index in [1.165, 1.54) is 0 Å². The van der Waals surface area contributed by atoms with Gasteiger partial charge in [-0.05, 0) is 0 Å². The van der Waals surface area contributed by atoms with Gasteiger partial charge in [0.05, 0.1) is 0 Å². The van der Waals surface area contributed by atoms with Crippen molar-refractivity contribution in [1.82, 2.24) is 0 Å². The number of hydrogen-bond acceptors (Lipinski definition) is 3. The van der Waals surface area contributed by atoms with Crippen LogP contribution in [0, 0.1) is 0 Å². The molecule has 0 amide bonds. The number of unbranched alkanes of at least 4 members (excludes halogenated alkanes) is 2. The minimum atomic E-state index is -3.63. The van der Waals surface area contributed by atoms with Gasteiger partial charge in [0.15, 0.2) is 0 Å². The molecule has 0 saturated carbocycles. The van der Waals surface area contributed by atoms with Crippen molar-refractivity contribution in [2.45, 2.75) is 48.4 Å². The van der Waals surface area contributed by atoms with E-state index in [9.17, 15) is 3.74 Å². The predicted molar refractivity (Wildman–Crippen MR) is 79.9 cm³/mol. The van der Waals surface area contributed by atoms with E-state index in [1.807, 2.05) is 30.3 Å². The number of hydrogen-bond donors (Lipinski definition) is 0. The van der Waals surface area contributed by atoms with Gasteiger partial charge in [0.2, 0.25) is 0 Å². The SMILES string of the molecule is CCC[CH2][Sn]1([CH2]CCC)[O][As](=O)(c2ccccc2)[O]1. The van der Waals surface area contributed by atoms with E-state index in [2.05, 4.69) is 13.8 Å². The summed E-state index contributed by atoms with van der Waals surface area (Å²) >= 11 is -6.58. The molecule has 5 heteroatoms. The van der Waals surface area contributed by atoms with Crippen LogP contribution in [-0.2, 0) is 7.87 Å². The summed E-state index contributed by atoms with van der Waals surface area (Å²) in [5.41, 5.74) is 0. The maximum absolute atomic E-state index is 12.7. The first-order valence-corrected chi connectivity index (χ1v) is 16.8. The van der Waals surface area contributed by atoms with Crippen LogP contribution in [0.15, 0.2) is 30.3 Å². The van der Waals surface area contributed by atoms with E-state index < -0.39 is 33.4 Å². The van der Waals surface area contributed by atoms with Gasteiger partial charge < -0.3 is 0 Å². The Labute approximate surface area is 124 Å². The van der Waals surface area contributed by atoms with Crippen molar-refractivity contribution in [3.05, 3.63) is 30.3 Å². The van der Waals surface area contributed by atoms with Gasteiger partial charge >= 0.3 is 124 Å². The average Bonchev–Trinajstić information content (AvgIpc) is 2.41. The van der Waals surface area contributed by atoms with Crippen molar-refractivity contribution in [3.8, 4) is 0 Å². The average molecular weight is 433 g/mol. The van der Waals surface area contributed by atoms with Gasteiger partial charge in [-0.3, -0.25) is 0 Å². The monoisotopic (exact) mass is 434 g/mol. The van der Waals surface area contributed by atoms with Gasteiger partial charge in [0, 0.05) is 0 Å². The number of rotatable bonds is 7. The molecule has 1 saturated heterocycles. The summed E-state index contributed by atoms with van der Waals surface area (Å²) in [6.07, 6.45) is 4.59. The Hall–Kier alpha value is 0.297. The van der Waals surface area contributed by atoms with Crippen LogP contribution in [0.1, 0.15) is 39.5 Å². The first-order chi connectivity index (χ1) is 9.14. The zero-order valence-corrected chi connectivity index (χ0v) is 16.5. The fourth-order valence-corrected chi connectivity index (χ4v) is 34.1. The van der Waals surface area contributed by atoms with Gasteiger partial charge in [-0.25, -0.2) is 0 Å². The fourth-order valence-electron chi connectivity index (χ4n) is 2.36. The Morgan fingerprint density at radius 1 is 1.00 bits per heavy atom. The van der Waals surface area contributed by atoms with Crippen LogP contribution in [-0.4, -0.2) is 33.4 Å². The van der Waals surface area contributed by atoms with Crippen molar-refractivity contribution < 1.29 is 7.87 Å². The molecule has 0 spiro atoms. The van der Waals surface area contributed by atoms with Crippen LogP contribution in [0.3, 0.4) is 0 Å². The molecule has 106 valence electrons. The van der Waals surface area contributed by atoms with Crippen LogP contribution < -0.4 is 4.35 Å². The van der Waals surface area contributed by atoms with E-state index in [0.717, 1.165) is 38.9 Å². The summed E-state index contributed by atoms with van der Waals surface area (Å²) < 4.78 is 27.8. The molecule has 1 fully saturated rings. The third-order valence-electron chi connectivity index (χ3n) is 3.47. The normalized spacial score (nSPS) is 19.9. The molecule has 1 aromatic carbocycles. The summed E-state index contributed by atoms with van der Waals surface area (Å²) in [6.45, 7) is 4.36. The van der Waals surface area contributed by atoms with Crippen LogP contribution in [0.25, 0.3) is 0 Å². The van der Waals surface area contributed by atoms with Crippen LogP contribution in [0.2, 0.25) is 8.87 Å². The minimum absolute atomic E-state index is 0.779. The molecule has 0 aliphatic carbocycles. The maximum atomic E-state index is 12.7. The summed E-state index contributed by atoms with van der Waals surface area (Å²) in [5.74, 6) is 0. The fraction of sp³-hybridized carbons (Fsp3) is 0.571. The second-order valence-corrected chi connectivity index (χ2v) is 22.5. The van der Waals surface area contributed by atoms with E-state index in [0.29, 0.717) is 0 Å². The zero-order valence-electron chi connectivity index (χ0n) is 11.8. The number of benzene rings is 1. The Bertz CT molecular complexity index is 429. The van der Waals surface area contributed by atoms with Gasteiger partial charge in [-0.2, -0.15) is 0 Å². The first-order valence-electron chi connectivity index (χ1n) is 7.21. The molecule has 19 heavy (non-hydrogen) atoms. The van der Waals surface area contributed by atoms with E-state index >= 15 is 0 Å². The van der Waals surface area contributed by atoms with Gasteiger partial charge in [-0.1, -0.05) is 0 Å². The van der Waals surface area contributed by atoms with Crippen LogP contribution >= 0.6 is 0 Å². The second kappa shape index (κ2) is 6.84. The van der Waals surface area contributed by atoms with Crippen LogP contribution in [0.5, 0.6) is 0 Å². The molecule has 0 N–H and O–H groups in total. The van der Waals surface area contributed by atoms with Crippen LogP contribution in [0.4, 0.5) is 0 Å². The van der Waals surface area contributed by atoms with Gasteiger partial charge in [-0.15, -0.1) is 0 Å². The Balaban J connectivity index is 2.05. The summed E-state index contributed by atoms with van der Waals surface area (Å²) in [7, 11) is 0. The Kier molecular flexibility index (Phi) is 5.64. The first kappa shape index (κ1) is 15.7. The molecule has 0 radical (unpaired) electrons. The van der Waals surface area contributed by atoms with E-state index in [-0.39, 0.29) is 0 Å². The molecular formula is C14H23AsO3Sn. The molecule has 0 bridgehead atoms. The van der Waals surface area contributed by atoms with Crippen molar-refractivity contribution >= 4 is 37.7 Å². The summed E-state index contributed by atoms with van der Waals surface area (Å²) in [6, 6.07) is 9.47. The second-order valence-electron chi connectivity index (χ2n) is 5.13. The molecular weight excluding hydrogens is 410 g/mol. The topological polar surface area (TPSA) is 35.5 Å². The molecule has 1 heterocycles. The third-order valence-corrected chi connectivity index (χ3v) is 31.2. The predicted octanol–water partition coefficient (Wildman–Crippen LogP) is 3.35. The summed E-state index contributed by atoms with van der Waals surface area (Å²) in [4.78, 5) is 0. The Morgan fingerprint density at radius 2 is 1.53 bits per heavy atom. The standard InChI is InChI=1S/C6H7AsO3.2C4H9.Sn/c8-7(9,10)6-4-2-1-3-5-6;2*1-3-4-2;/h1-5H,(H2,8,9,10);2*1,3-4H2,2H3;/q;;;+2/p-2. The third kappa shape index (κ3) is 3.69. The van der Waals surface area contributed by atoms with Crippen molar-refractivity contribution in [2.24, 2.45) is 0 Å². The van der Waals surface area contributed by atoms with E-state index in [1.54, 1.807) is 0 Å².